The Kier molecular flexibility index (Phi) is 4.60. The average Bonchev–Trinajstić information content (AvgIpc) is 3.41. The number of anilines is 1. The highest BCUT2D eigenvalue weighted by Gasteiger charge is 2.29. The van der Waals surface area contributed by atoms with Crippen LogP contribution >= 0.6 is 11.3 Å². The zero-order valence-corrected chi connectivity index (χ0v) is 17.8. The van der Waals surface area contributed by atoms with Gasteiger partial charge in [0.2, 0.25) is 0 Å². The molecule has 7 nitrogen and oxygen atoms in total. The first kappa shape index (κ1) is 18.7. The van der Waals surface area contributed by atoms with Gasteiger partial charge in [-0.2, -0.15) is 5.10 Å². The lowest BCUT2D eigenvalue weighted by molar-refractivity contribution is 0.218. The number of nitrogens with zero attached hydrogens (tertiary/aromatic N) is 4. The van der Waals surface area contributed by atoms with Gasteiger partial charge >= 0.3 is 0 Å². The van der Waals surface area contributed by atoms with Gasteiger partial charge < -0.3 is 10.5 Å². The van der Waals surface area contributed by atoms with E-state index >= 15 is 0 Å². The Hall–Kier alpha value is -2.36. The minimum atomic E-state index is -1.19. The summed E-state index contributed by atoms with van der Waals surface area (Å²) in [6.07, 6.45) is 6.06. The highest BCUT2D eigenvalue weighted by atomic mass is 32.2. The van der Waals surface area contributed by atoms with E-state index in [2.05, 4.69) is 22.2 Å². The number of methoxy groups -OCH3 is 1. The van der Waals surface area contributed by atoms with Crippen molar-refractivity contribution in [2.75, 3.05) is 25.2 Å². The number of ether oxygens (including phenoxy) is 1. The van der Waals surface area contributed by atoms with Gasteiger partial charge in [-0.1, -0.05) is 0 Å². The van der Waals surface area contributed by atoms with Gasteiger partial charge in [0, 0.05) is 42.9 Å². The molecule has 0 amide bonds. The monoisotopic (exact) mass is 427 g/mol. The number of aryl methyl sites for hydroxylation is 1. The number of pyridine rings is 2. The lowest BCUT2D eigenvalue weighted by atomic mass is 10.0. The van der Waals surface area contributed by atoms with Crippen LogP contribution in [-0.2, 0) is 22.6 Å². The van der Waals surface area contributed by atoms with Crippen LogP contribution in [0.25, 0.3) is 32.5 Å². The molecule has 29 heavy (non-hydrogen) atoms. The molecule has 4 aromatic heterocycles. The van der Waals surface area contributed by atoms with Crippen molar-refractivity contribution < 1.29 is 8.95 Å². The van der Waals surface area contributed by atoms with Crippen LogP contribution in [0.4, 0.5) is 5.69 Å². The Morgan fingerprint density at radius 2 is 2.21 bits per heavy atom. The van der Waals surface area contributed by atoms with Crippen molar-refractivity contribution in [2.45, 2.75) is 23.0 Å². The molecule has 0 bridgehead atoms. The largest absolute Gasteiger partial charge is 0.396 e. The summed E-state index contributed by atoms with van der Waals surface area (Å²) >= 11 is 1.43. The van der Waals surface area contributed by atoms with Gasteiger partial charge in [0.15, 0.2) is 5.65 Å². The molecule has 0 unspecified atom stereocenters. The molecule has 9 heteroatoms. The minimum absolute atomic E-state index is 0.431. The molecule has 0 spiro atoms. The molecule has 0 saturated heterocycles. The molecule has 0 radical (unpaired) electrons. The summed E-state index contributed by atoms with van der Waals surface area (Å²) in [5.41, 5.74) is 10.8. The van der Waals surface area contributed by atoms with Gasteiger partial charge in [-0.25, -0.2) is 9.97 Å². The molecule has 1 atom stereocenters. The Morgan fingerprint density at radius 3 is 2.97 bits per heavy atom. The zero-order chi connectivity index (χ0) is 20.1. The van der Waals surface area contributed by atoms with Crippen LogP contribution in [0.15, 0.2) is 28.7 Å². The predicted molar refractivity (Wildman–Crippen MR) is 117 cm³/mol. The van der Waals surface area contributed by atoms with E-state index in [0.29, 0.717) is 28.2 Å². The number of hydrogen-bond donors (Lipinski definition) is 1. The molecule has 1 aliphatic rings. The molecule has 0 aromatic carbocycles. The van der Waals surface area contributed by atoms with Crippen LogP contribution < -0.4 is 5.73 Å². The van der Waals surface area contributed by atoms with Gasteiger partial charge in [-0.3, -0.25) is 8.89 Å². The van der Waals surface area contributed by atoms with Crippen LogP contribution in [0.5, 0.6) is 0 Å². The Bertz CT molecular complexity index is 1260. The van der Waals surface area contributed by atoms with Crippen molar-refractivity contribution in [3.63, 3.8) is 0 Å². The maximum absolute atomic E-state index is 12.7. The Balaban J connectivity index is 1.65. The molecule has 1 fully saturated rings. The maximum Gasteiger partial charge on any atom is 0.181 e. The van der Waals surface area contributed by atoms with Crippen LogP contribution in [-0.4, -0.2) is 43.4 Å². The second-order valence-corrected chi connectivity index (χ2v) is 10.1. The van der Waals surface area contributed by atoms with Crippen molar-refractivity contribution in [3.8, 4) is 11.3 Å². The number of nitrogens with two attached hydrogens (primary N) is 1. The molecule has 4 aromatic rings. The van der Waals surface area contributed by atoms with Gasteiger partial charge in [0.1, 0.15) is 9.04 Å². The van der Waals surface area contributed by atoms with Crippen LogP contribution in [0, 0.1) is 0 Å². The van der Waals surface area contributed by atoms with Gasteiger partial charge in [-0.05, 0) is 36.5 Å². The van der Waals surface area contributed by atoms with Crippen LogP contribution in [0.1, 0.15) is 24.3 Å². The lowest BCUT2D eigenvalue weighted by Crippen LogP contribution is -2.04. The van der Waals surface area contributed by atoms with Crippen LogP contribution in [0.2, 0.25) is 0 Å². The standard InChI is InChI=1S/C20H21N5O2S2/c1-25-10-13-7-12(9-22-18(13)24-25)15-8-14(11-3-4-11)16-17(21)20(28-19(16)23-15)29(26)6-5-27-2/h7-11H,3-6,21H2,1-2H3/t29-/m1/s1. The summed E-state index contributed by atoms with van der Waals surface area (Å²) < 4.78 is 20.2. The fourth-order valence-corrected chi connectivity index (χ4v) is 6.16. The smallest absolute Gasteiger partial charge is 0.181 e. The molecule has 1 aliphatic carbocycles. The number of aromatic nitrogens is 4. The normalized spacial score (nSPS) is 15.4. The van der Waals surface area contributed by atoms with Crippen molar-refractivity contribution in [1.29, 1.82) is 0 Å². The van der Waals surface area contributed by atoms with E-state index in [-0.39, 0.29) is 0 Å². The predicted octanol–water partition coefficient (Wildman–Crippen LogP) is 3.46. The summed E-state index contributed by atoms with van der Waals surface area (Å²) in [4.78, 5) is 10.2. The summed E-state index contributed by atoms with van der Waals surface area (Å²) in [7, 11) is 2.30. The Labute approximate surface area is 174 Å². The van der Waals surface area contributed by atoms with E-state index in [4.69, 9.17) is 15.5 Å². The van der Waals surface area contributed by atoms with Crippen molar-refractivity contribution in [1.82, 2.24) is 19.7 Å². The van der Waals surface area contributed by atoms with Gasteiger partial charge in [0.25, 0.3) is 0 Å². The van der Waals surface area contributed by atoms with Crippen molar-refractivity contribution in [2.24, 2.45) is 7.05 Å². The second-order valence-electron chi connectivity index (χ2n) is 7.34. The lowest BCUT2D eigenvalue weighted by Gasteiger charge is -2.07. The highest BCUT2D eigenvalue weighted by Crippen LogP contribution is 2.48. The second kappa shape index (κ2) is 7.16. The van der Waals surface area contributed by atoms with E-state index in [1.165, 1.54) is 16.9 Å². The molecule has 0 aliphatic heterocycles. The molecule has 150 valence electrons. The fraction of sp³-hybridized carbons (Fsp3) is 0.350. The SMILES string of the molecule is COCC[S@@](=O)c1sc2nc(-c3cnc4nn(C)cc4c3)cc(C3CC3)c2c1N. The highest BCUT2D eigenvalue weighted by molar-refractivity contribution is 7.87. The van der Waals surface area contributed by atoms with Gasteiger partial charge in [-0.15, -0.1) is 11.3 Å². The van der Waals surface area contributed by atoms with E-state index in [1.54, 1.807) is 11.8 Å². The number of fused-ring (bicyclic) bond motifs is 2. The molecular formula is C20H21N5O2S2. The first-order chi connectivity index (χ1) is 14.0. The summed E-state index contributed by atoms with van der Waals surface area (Å²) in [5.74, 6) is 0.923. The summed E-state index contributed by atoms with van der Waals surface area (Å²) in [6, 6.07) is 4.19. The first-order valence-corrected chi connectivity index (χ1v) is 11.6. The number of nitrogen functional groups attached to an aromatic ring is 1. The molecule has 2 N–H and O–H groups in total. The molecule has 4 heterocycles. The average molecular weight is 428 g/mol. The van der Waals surface area contributed by atoms with E-state index < -0.39 is 10.8 Å². The summed E-state index contributed by atoms with van der Waals surface area (Å²) in [6.45, 7) is 0.436. The third kappa shape index (κ3) is 3.33. The molecule has 1 saturated carbocycles. The third-order valence-corrected chi connectivity index (χ3v) is 8.03. The quantitative estimate of drug-likeness (QED) is 0.506. The van der Waals surface area contributed by atoms with Gasteiger partial charge in [0.05, 0.1) is 34.5 Å². The Morgan fingerprint density at radius 1 is 1.38 bits per heavy atom. The summed E-state index contributed by atoms with van der Waals surface area (Å²) in [5, 5.41) is 6.29. The third-order valence-electron chi connectivity index (χ3n) is 5.16. The van der Waals surface area contributed by atoms with E-state index in [0.717, 1.165) is 45.3 Å². The first-order valence-electron chi connectivity index (χ1n) is 9.45. The zero-order valence-electron chi connectivity index (χ0n) is 16.2. The number of thiophene rings is 1. The fourth-order valence-electron chi connectivity index (χ4n) is 3.59. The van der Waals surface area contributed by atoms with E-state index in [1.807, 2.05) is 19.4 Å². The van der Waals surface area contributed by atoms with E-state index in [9.17, 15) is 4.21 Å². The molecule has 5 rings (SSSR count). The topological polar surface area (TPSA) is 95.9 Å². The van der Waals surface area contributed by atoms with Crippen molar-refractivity contribution in [3.05, 3.63) is 30.1 Å². The maximum atomic E-state index is 12.7. The van der Waals surface area contributed by atoms with Crippen molar-refractivity contribution >= 4 is 49.1 Å². The minimum Gasteiger partial charge on any atom is -0.396 e. The van der Waals surface area contributed by atoms with Crippen LogP contribution in [0.3, 0.4) is 0 Å². The molecular weight excluding hydrogens is 406 g/mol. The number of rotatable bonds is 6. The number of hydrogen-bond acceptors (Lipinski definition) is 7.